The lowest BCUT2D eigenvalue weighted by atomic mass is 10.0. The first-order valence-corrected chi connectivity index (χ1v) is 9.51. The Morgan fingerprint density at radius 2 is 1.68 bits per heavy atom. The van der Waals surface area contributed by atoms with Gasteiger partial charge in [-0.25, -0.2) is 8.42 Å². The molecule has 0 spiro atoms. The standard InChI is InChI=1S/C19H21NO4S/c1-12-9-13(2)19(14(3)10-12)25(22,23)20-8-7-18(21)16-6-5-15(24-4)11-17(16)20/h5-6,9-11H,7-8H2,1-4H3. The fourth-order valence-corrected chi connectivity index (χ4v) is 5.37. The summed E-state index contributed by atoms with van der Waals surface area (Å²) in [6.07, 6.45) is 0.169. The van der Waals surface area contributed by atoms with Crippen molar-refractivity contribution in [3.8, 4) is 5.75 Å². The van der Waals surface area contributed by atoms with Gasteiger partial charge in [-0.15, -0.1) is 0 Å². The van der Waals surface area contributed by atoms with E-state index in [0.29, 0.717) is 33.0 Å². The number of ether oxygens (including phenoxy) is 1. The highest BCUT2D eigenvalue weighted by Crippen LogP contribution is 2.36. The van der Waals surface area contributed by atoms with Crippen LogP contribution < -0.4 is 9.04 Å². The number of carbonyl (C=O) groups excluding carboxylic acids is 1. The Hall–Kier alpha value is -2.34. The lowest BCUT2D eigenvalue weighted by Gasteiger charge is -2.31. The fraction of sp³-hybridized carbons (Fsp3) is 0.316. The molecule has 2 aromatic carbocycles. The number of fused-ring (bicyclic) bond motifs is 1. The Morgan fingerprint density at radius 3 is 2.28 bits per heavy atom. The number of carbonyl (C=O) groups is 1. The van der Waals surface area contributed by atoms with Gasteiger partial charge in [-0.3, -0.25) is 9.10 Å². The summed E-state index contributed by atoms with van der Waals surface area (Å²) in [5.41, 5.74) is 3.23. The van der Waals surface area contributed by atoms with Crippen molar-refractivity contribution < 1.29 is 17.9 Å². The summed E-state index contributed by atoms with van der Waals surface area (Å²) >= 11 is 0. The highest BCUT2D eigenvalue weighted by Gasteiger charge is 2.34. The van der Waals surface area contributed by atoms with E-state index in [9.17, 15) is 13.2 Å². The van der Waals surface area contributed by atoms with Gasteiger partial charge in [-0.1, -0.05) is 17.7 Å². The largest absolute Gasteiger partial charge is 0.497 e. The van der Waals surface area contributed by atoms with Crippen molar-refractivity contribution >= 4 is 21.5 Å². The number of aryl methyl sites for hydroxylation is 3. The van der Waals surface area contributed by atoms with Gasteiger partial charge in [0.05, 0.1) is 17.7 Å². The number of Topliss-reactive ketones (excluding diaryl/α,β-unsaturated/α-hetero) is 1. The molecule has 1 aliphatic rings. The second kappa shape index (κ2) is 6.19. The highest BCUT2D eigenvalue weighted by molar-refractivity contribution is 7.93. The second-order valence-corrected chi connectivity index (χ2v) is 8.16. The smallest absolute Gasteiger partial charge is 0.264 e. The molecular formula is C19H21NO4S. The third kappa shape index (κ3) is 2.91. The van der Waals surface area contributed by atoms with Crippen molar-refractivity contribution in [2.24, 2.45) is 0 Å². The molecule has 0 atom stereocenters. The van der Waals surface area contributed by atoms with Crippen molar-refractivity contribution in [2.45, 2.75) is 32.1 Å². The van der Waals surface area contributed by atoms with E-state index < -0.39 is 10.0 Å². The molecule has 2 aromatic rings. The molecule has 0 radical (unpaired) electrons. The number of hydrogen-bond acceptors (Lipinski definition) is 4. The molecule has 1 aliphatic heterocycles. The molecule has 0 fully saturated rings. The minimum atomic E-state index is -3.78. The van der Waals surface area contributed by atoms with Gasteiger partial charge in [0, 0.05) is 24.6 Å². The Labute approximate surface area is 148 Å². The molecule has 0 bridgehead atoms. The maximum atomic E-state index is 13.4. The van der Waals surface area contributed by atoms with Crippen LogP contribution in [-0.4, -0.2) is 27.9 Å². The van der Waals surface area contributed by atoms with Crippen LogP contribution in [0.25, 0.3) is 0 Å². The van der Waals surface area contributed by atoms with E-state index in [1.807, 2.05) is 19.1 Å². The zero-order chi connectivity index (χ0) is 18.4. The normalized spacial score (nSPS) is 14.4. The van der Waals surface area contributed by atoms with Crippen molar-refractivity contribution in [1.82, 2.24) is 0 Å². The van der Waals surface area contributed by atoms with Crippen molar-refractivity contribution in [3.63, 3.8) is 0 Å². The van der Waals surface area contributed by atoms with Crippen LogP contribution >= 0.6 is 0 Å². The van der Waals surface area contributed by atoms with Crippen LogP contribution in [0.4, 0.5) is 5.69 Å². The van der Waals surface area contributed by atoms with Crippen LogP contribution in [0.15, 0.2) is 35.2 Å². The summed E-state index contributed by atoms with van der Waals surface area (Å²) in [6.45, 7) is 5.67. The van der Waals surface area contributed by atoms with Gasteiger partial charge in [-0.05, 0) is 44.0 Å². The molecule has 0 amide bonds. The van der Waals surface area contributed by atoms with Crippen molar-refractivity contribution in [3.05, 3.63) is 52.6 Å². The topological polar surface area (TPSA) is 63.7 Å². The van der Waals surface area contributed by atoms with E-state index in [2.05, 4.69) is 0 Å². The maximum Gasteiger partial charge on any atom is 0.264 e. The number of nitrogens with zero attached hydrogens (tertiary/aromatic N) is 1. The predicted octanol–water partition coefficient (Wildman–Crippen LogP) is 3.40. The molecule has 0 unspecified atom stereocenters. The van der Waals surface area contributed by atoms with Gasteiger partial charge >= 0.3 is 0 Å². The number of hydrogen-bond donors (Lipinski definition) is 0. The van der Waals surface area contributed by atoms with Crippen molar-refractivity contribution in [1.29, 1.82) is 0 Å². The SMILES string of the molecule is COc1ccc2c(c1)N(S(=O)(=O)c1c(C)cc(C)cc1C)CCC2=O. The molecule has 5 nitrogen and oxygen atoms in total. The van der Waals surface area contributed by atoms with E-state index in [-0.39, 0.29) is 18.7 Å². The van der Waals surface area contributed by atoms with Gasteiger partial charge in [0.25, 0.3) is 10.0 Å². The minimum absolute atomic E-state index is 0.0542. The van der Waals surface area contributed by atoms with E-state index in [1.165, 1.54) is 11.4 Å². The van der Waals surface area contributed by atoms with E-state index in [4.69, 9.17) is 4.74 Å². The molecule has 0 N–H and O–H groups in total. The summed E-state index contributed by atoms with van der Waals surface area (Å²) in [6, 6.07) is 8.65. The molecule has 6 heteroatoms. The number of methoxy groups -OCH3 is 1. The van der Waals surface area contributed by atoms with Gasteiger partial charge < -0.3 is 4.74 Å². The molecule has 1 heterocycles. The highest BCUT2D eigenvalue weighted by atomic mass is 32.2. The molecule has 3 rings (SSSR count). The van der Waals surface area contributed by atoms with Gasteiger partial charge in [0.15, 0.2) is 5.78 Å². The van der Waals surface area contributed by atoms with Crippen molar-refractivity contribution in [2.75, 3.05) is 18.0 Å². The Bertz CT molecular complexity index is 940. The lowest BCUT2D eigenvalue weighted by Crippen LogP contribution is -2.38. The Kier molecular flexibility index (Phi) is 4.33. The van der Waals surface area contributed by atoms with Crippen LogP contribution in [0.1, 0.15) is 33.5 Å². The number of rotatable bonds is 3. The third-order valence-electron chi connectivity index (χ3n) is 4.47. The first-order valence-electron chi connectivity index (χ1n) is 8.07. The van der Waals surface area contributed by atoms with Crippen LogP contribution in [-0.2, 0) is 10.0 Å². The lowest BCUT2D eigenvalue weighted by molar-refractivity contribution is 0.0982. The molecule has 0 saturated carbocycles. The number of benzene rings is 2. The van der Waals surface area contributed by atoms with E-state index in [1.54, 1.807) is 32.0 Å². The van der Waals surface area contributed by atoms with E-state index >= 15 is 0 Å². The predicted molar refractivity (Wildman–Crippen MR) is 97.1 cm³/mol. The van der Waals surface area contributed by atoms with E-state index in [0.717, 1.165) is 5.56 Å². The van der Waals surface area contributed by atoms with Gasteiger partial charge in [-0.2, -0.15) is 0 Å². The molecule has 0 saturated heterocycles. The summed E-state index contributed by atoms with van der Waals surface area (Å²) in [5.74, 6) is 0.465. The average molecular weight is 359 g/mol. The van der Waals surface area contributed by atoms with Crippen LogP contribution in [0.2, 0.25) is 0 Å². The summed E-state index contributed by atoms with van der Waals surface area (Å²) in [5, 5.41) is 0. The molecule has 25 heavy (non-hydrogen) atoms. The van der Waals surface area contributed by atoms with Crippen LogP contribution in [0, 0.1) is 20.8 Å². The molecule has 132 valence electrons. The van der Waals surface area contributed by atoms with Gasteiger partial charge in [0.1, 0.15) is 5.75 Å². The fourth-order valence-electron chi connectivity index (χ4n) is 3.47. The zero-order valence-corrected chi connectivity index (χ0v) is 15.6. The Balaban J connectivity index is 2.21. The third-order valence-corrected chi connectivity index (χ3v) is 6.59. The first-order chi connectivity index (χ1) is 11.8. The van der Waals surface area contributed by atoms with Crippen LogP contribution in [0.3, 0.4) is 0 Å². The molecule has 0 aromatic heterocycles. The quantitative estimate of drug-likeness (QED) is 0.842. The van der Waals surface area contributed by atoms with Crippen LogP contribution in [0.5, 0.6) is 5.75 Å². The Morgan fingerprint density at radius 1 is 1.04 bits per heavy atom. The first kappa shape index (κ1) is 17.5. The average Bonchev–Trinajstić information content (AvgIpc) is 2.53. The molecule has 0 aliphatic carbocycles. The minimum Gasteiger partial charge on any atom is -0.497 e. The van der Waals surface area contributed by atoms with Gasteiger partial charge in [0.2, 0.25) is 0 Å². The summed E-state index contributed by atoms with van der Waals surface area (Å²) < 4.78 is 33.3. The number of anilines is 1. The zero-order valence-electron chi connectivity index (χ0n) is 14.8. The molecular weight excluding hydrogens is 338 g/mol. The number of sulfonamides is 1. The number of ketones is 1. The maximum absolute atomic E-state index is 13.4. The summed E-state index contributed by atoms with van der Waals surface area (Å²) in [4.78, 5) is 12.5. The second-order valence-electron chi connectivity index (χ2n) is 6.36. The monoisotopic (exact) mass is 359 g/mol. The summed E-state index contributed by atoms with van der Waals surface area (Å²) in [7, 11) is -2.26.